The maximum Gasteiger partial charge on any atom is 0.738 e. The molecule has 0 aliphatic heterocycles. The summed E-state index contributed by atoms with van der Waals surface area (Å²) in [4.78, 5) is 31.9. The number of carbonyl (C=O) groups excluding carboxylic acids is 3. The van der Waals surface area contributed by atoms with E-state index in [0.29, 0.717) is 0 Å². The molecule has 0 atom stereocenters. The van der Waals surface area contributed by atoms with Crippen LogP contribution in [0.4, 0.5) is 4.39 Å². The van der Waals surface area contributed by atoms with Crippen LogP contribution in [0.5, 0.6) is 0 Å². The van der Waals surface area contributed by atoms with E-state index in [1.165, 1.54) is 0 Å². The summed E-state index contributed by atoms with van der Waals surface area (Å²) in [5.41, 5.74) is 0. The zero-order valence-electron chi connectivity index (χ0n) is 8.53. The molecule has 0 saturated heterocycles. The average molecular weight is 238 g/mol. The van der Waals surface area contributed by atoms with E-state index in [-0.39, 0.29) is 0 Å². The monoisotopic (exact) mass is 238 g/mol. The summed E-state index contributed by atoms with van der Waals surface area (Å²) in [5, 5.41) is 0. The fraction of sp³-hybridized carbons (Fsp3) is 0.571. The van der Waals surface area contributed by atoms with Crippen molar-refractivity contribution in [2.75, 3.05) is 6.30 Å². The maximum atomic E-state index is 12.6. The molecule has 0 bridgehead atoms. The molecular formula is C7H11FO6Si. The van der Waals surface area contributed by atoms with Gasteiger partial charge in [0.1, 0.15) is 0 Å². The predicted octanol–water partition coefficient (Wildman–Crippen LogP) is 0.123. The Balaban J connectivity index is 4.81. The molecule has 0 aliphatic carbocycles. The molecule has 0 fully saturated rings. The van der Waals surface area contributed by atoms with Crippen molar-refractivity contribution in [3.05, 3.63) is 0 Å². The minimum Gasteiger partial charge on any atom is -0.454 e. The fourth-order valence-electron chi connectivity index (χ4n) is 0.801. The van der Waals surface area contributed by atoms with Gasteiger partial charge in [0.2, 0.25) is 0 Å². The van der Waals surface area contributed by atoms with E-state index >= 15 is 0 Å². The molecule has 6 nitrogen and oxygen atoms in total. The zero-order chi connectivity index (χ0) is 12.1. The molecule has 8 heteroatoms. The normalized spacial score (nSPS) is 10.4. The highest BCUT2D eigenvalue weighted by atomic mass is 28.4. The largest absolute Gasteiger partial charge is 0.738 e. The molecule has 0 radical (unpaired) electrons. The molecule has 0 heterocycles. The topological polar surface area (TPSA) is 78.9 Å². The van der Waals surface area contributed by atoms with E-state index in [4.69, 9.17) is 0 Å². The molecule has 0 saturated carbocycles. The first-order valence-electron chi connectivity index (χ1n) is 3.96. The Bertz CT molecular complexity index is 238. The van der Waals surface area contributed by atoms with Gasteiger partial charge in [-0.15, -0.1) is 0 Å². The van der Waals surface area contributed by atoms with Crippen molar-refractivity contribution < 1.29 is 32.1 Å². The van der Waals surface area contributed by atoms with E-state index in [2.05, 4.69) is 13.3 Å². The van der Waals surface area contributed by atoms with E-state index in [1.54, 1.807) is 0 Å². The van der Waals surface area contributed by atoms with Crippen molar-refractivity contribution in [2.45, 2.75) is 20.8 Å². The fourth-order valence-corrected chi connectivity index (χ4v) is 2.40. The molecule has 0 spiro atoms. The van der Waals surface area contributed by atoms with Gasteiger partial charge in [-0.05, 0) is 0 Å². The summed E-state index contributed by atoms with van der Waals surface area (Å²) in [6, 6.07) is 0. The lowest BCUT2D eigenvalue weighted by Crippen LogP contribution is -2.51. The molecule has 0 aliphatic rings. The molecule has 0 aromatic carbocycles. The van der Waals surface area contributed by atoms with E-state index in [9.17, 15) is 18.8 Å². The second-order valence-corrected chi connectivity index (χ2v) is 4.84. The Morgan fingerprint density at radius 1 is 0.933 bits per heavy atom. The van der Waals surface area contributed by atoms with Gasteiger partial charge in [-0.2, -0.15) is 0 Å². The third-order valence-corrected chi connectivity index (χ3v) is 3.18. The predicted molar refractivity (Wildman–Crippen MR) is 47.0 cm³/mol. The lowest BCUT2D eigenvalue weighted by Gasteiger charge is -2.23. The first-order valence-corrected chi connectivity index (χ1v) is 5.89. The Morgan fingerprint density at radius 3 is 1.33 bits per heavy atom. The van der Waals surface area contributed by atoms with Crippen LogP contribution < -0.4 is 0 Å². The summed E-state index contributed by atoms with van der Waals surface area (Å²) < 4.78 is 26.0. The van der Waals surface area contributed by atoms with Crippen LogP contribution in [0.2, 0.25) is 0 Å². The quantitative estimate of drug-likeness (QED) is 0.647. The lowest BCUT2D eigenvalue weighted by atomic mass is 10.9. The Labute approximate surface area is 86.7 Å². The van der Waals surface area contributed by atoms with Gasteiger partial charge in [0.25, 0.3) is 17.9 Å². The number of halogens is 1. The molecule has 0 unspecified atom stereocenters. The highest BCUT2D eigenvalue weighted by Crippen LogP contribution is 2.12. The van der Waals surface area contributed by atoms with Gasteiger partial charge in [0.15, 0.2) is 6.30 Å². The highest BCUT2D eigenvalue weighted by molar-refractivity contribution is 6.65. The minimum absolute atomic E-state index is 0.887. The Kier molecular flexibility index (Phi) is 4.92. The van der Waals surface area contributed by atoms with E-state index < -0.39 is 33.0 Å². The smallest absolute Gasteiger partial charge is 0.454 e. The van der Waals surface area contributed by atoms with Crippen LogP contribution in [0.1, 0.15) is 20.8 Å². The highest BCUT2D eigenvalue weighted by Gasteiger charge is 2.52. The van der Waals surface area contributed by atoms with Crippen LogP contribution in [0.15, 0.2) is 0 Å². The van der Waals surface area contributed by atoms with Crippen LogP contribution >= 0.6 is 0 Å². The Morgan fingerprint density at radius 2 is 1.20 bits per heavy atom. The number of hydrogen-bond donors (Lipinski definition) is 0. The van der Waals surface area contributed by atoms with E-state index in [0.717, 1.165) is 20.8 Å². The molecule has 15 heavy (non-hydrogen) atoms. The van der Waals surface area contributed by atoms with Crippen molar-refractivity contribution in [1.82, 2.24) is 0 Å². The standard InChI is InChI=1S/C7H11FO6Si/c1-5(9)12-15(4-8,13-6(2)10)14-7(3)11/h4H2,1-3H3. The molecule has 0 aromatic rings. The van der Waals surface area contributed by atoms with Gasteiger partial charge in [0.05, 0.1) is 0 Å². The summed E-state index contributed by atoms with van der Waals surface area (Å²) in [6.45, 7) is 2.97. The first kappa shape index (κ1) is 13.6. The van der Waals surface area contributed by atoms with Gasteiger partial charge in [-0.1, -0.05) is 0 Å². The second kappa shape index (κ2) is 5.44. The zero-order valence-corrected chi connectivity index (χ0v) is 9.53. The minimum atomic E-state index is -4.17. The van der Waals surface area contributed by atoms with Crippen molar-refractivity contribution >= 4 is 26.7 Å². The van der Waals surface area contributed by atoms with Gasteiger partial charge in [0, 0.05) is 20.8 Å². The van der Waals surface area contributed by atoms with Gasteiger partial charge < -0.3 is 13.3 Å². The van der Waals surface area contributed by atoms with Crippen LogP contribution in [-0.4, -0.2) is 33.0 Å². The third kappa shape index (κ3) is 5.11. The second-order valence-electron chi connectivity index (χ2n) is 2.60. The third-order valence-electron chi connectivity index (χ3n) is 1.06. The van der Waals surface area contributed by atoms with Gasteiger partial charge in [-0.3, -0.25) is 14.4 Å². The van der Waals surface area contributed by atoms with Crippen molar-refractivity contribution in [2.24, 2.45) is 0 Å². The number of carbonyl (C=O) groups is 3. The molecule has 0 N–H and O–H groups in total. The maximum absolute atomic E-state index is 12.6. The van der Waals surface area contributed by atoms with Crippen LogP contribution in [0.3, 0.4) is 0 Å². The molecule has 0 amide bonds. The molecule has 0 rings (SSSR count). The van der Waals surface area contributed by atoms with Crippen molar-refractivity contribution in [3.63, 3.8) is 0 Å². The van der Waals surface area contributed by atoms with Gasteiger partial charge in [-0.25, -0.2) is 4.39 Å². The average Bonchev–Trinajstić information content (AvgIpc) is 1.99. The van der Waals surface area contributed by atoms with Crippen LogP contribution in [-0.2, 0) is 27.7 Å². The molecular weight excluding hydrogens is 227 g/mol. The molecule has 0 aromatic heterocycles. The van der Waals surface area contributed by atoms with Gasteiger partial charge >= 0.3 is 8.80 Å². The first-order chi connectivity index (χ1) is 6.81. The summed E-state index contributed by atoms with van der Waals surface area (Å²) in [5.74, 6) is -2.66. The van der Waals surface area contributed by atoms with Crippen LogP contribution in [0.25, 0.3) is 0 Å². The molecule has 86 valence electrons. The van der Waals surface area contributed by atoms with Crippen molar-refractivity contribution in [1.29, 1.82) is 0 Å². The van der Waals surface area contributed by atoms with Crippen molar-refractivity contribution in [3.8, 4) is 0 Å². The lowest BCUT2D eigenvalue weighted by molar-refractivity contribution is -0.148. The summed E-state index contributed by atoms with van der Waals surface area (Å²) in [7, 11) is -4.17. The number of alkyl halides is 1. The Hall–Kier alpha value is -1.44. The number of hydrogen-bond acceptors (Lipinski definition) is 6. The summed E-state index contributed by atoms with van der Waals surface area (Å²) >= 11 is 0. The van der Waals surface area contributed by atoms with Crippen LogP contribution in [0, 0.1) is 0 Å². The number of rotatable bonds is 4. The SMILES string of the molecule is CC(=O)O[Si](CF)(OC(C)=O)OC(C)=O. The van der Waals surface area contributed by atoms with E-state index in [1.807, 2.05) is 0 Å². The summed E-state index contributed by atoms with van der Waals surface area (Å²) in [6.07, 6.45) is -1.34.